The van der Waals surface area contributed by atoms with Gasteiger partial charge in [-0.05, 0) is 44.0 Å². The van der Waals surface area contributed by atoms with Gasteiger partial charge in [0.1, 0.15) is 19.0 Å². The Balaban J connectivity index is 2.38. The highest BCUT2D eigenvalue weighted by atomic mass is 16.5. The van der Waals surface area contributed by atoms with Gasteiger partial charge >= 0.3 is 0 Å². The van der Waals surface area contributed by atoms with Gasteiger partial charge in [-0.15, -0.1) is 0 Å². The van der Waals surface area contributed by atoms with E-state index in [1.165, 1.54) is 7.11 Å². The molecule has 1 aliphatic rings. The van der Waals surface area contributed by atoms with Gasteiger partial charge in [-0.3, -0.25) is 14.5 Å². The number of ether oxygens (including phenoxy) is 3. The average Bonchev–Trinajstić information content (AvgIpc) is 2.74. The SMILES string of the molecule is CCCN1C[C@H](C)[C@H](OC)CN(C)C(=O)c2cc(NC(=O)COC)ccc2OC[C@H]1C. The molecular weight excluding hydrogens is 398 g/mol. The average molecular weight is 436 g/mol. The van der Waals surface area contributed by atoms with Crippen molar-refractivity contribution in [3.05, 3.63) is 23.8 Å². The van der Waals surface area contributed by atoms with Crippen LogP contribution in [0.5, 0.6) is 5.75 Å². The number of hydrogen-bond acceptors (Lipinski definition) is 6. The minimum Gasteiger partial charge on any atom is -0.491 e. The number of methoxy groups -OCH3 is 2. The summed E-state index contributed by atoms with van der Waals surface area (Å²) in [4.78, 5) is 29.3. The van der Waals surface area contributed by atoms with E-state index in [2.05, 4.69) is 31.0 Å². The zero-order chi connectivity index (χ0) is 23.0. The Hall–Kier alpha value is -2.16. The molecule has 1 aliphatic heterocycles. The highest BCUT2D eigenvalue weighted by Gasteiger charge is 2.28. The van der Waals surface area contributed by atoms with E-state index < -0.39 is 0 Å². The number of carbonyl (C=O) groups excluding carboxylic acids is 2. The van der Waals surface area contributed by atoms with Gasteiger partial charge in [-0.2, -0.15) is 0 Å². The van der Waals surface area contributed by atoms with E-state index in [4.69, 9.17) is 14.2 Å². The number of likely N-dealkylation sites (N-methyl/N-ethyl adjacent to an activating group) is 1. The minimum atomic E-state index is -0.283. The summed E-state index contributed by atoms with van der Waals surface area (Å²) < 4.78 is 16.7. The van der Waals surface area contributed by atoms with Gasteiger partial charge in [-0.25, -0.2) is 0 Å². The number of carbonyl (C=O) groups is 2. The smallest absolute Gasteiger partial charge is 0.257 e. The van der Waals surface area contributed by atoms with Crippen LogP contribution in [0.3, 0.4) is 0 Å². The van der Waals surface area contributed by atoms with Crippen LogP contribution in [-0.4, -0.2) is 87.9 Å². The Morgan fingerprint density at radius 2 is 2.00 bits per heavy atom. The van der Waals surface area contributed by atoms with Gasteiger partial charge in [0.25, 0.3) is 5.91 Å². The number of rotatable bonds is 6. The van der Waals surface area contributed by atoms with Crippen LogP contribution in [0.25, 0.3) is 0 Å². The first-order valence-corrected chi connectivity index (χ1v) is 10.9. The third-order valence-corrected chi connectivity index (χ3v) is 5.64. The maximum Gasteiger partial charge on any atom is 0.257 e. The van der Waals surface area contributed by atoms with E-state index in [0.717, 1.165) is 19.5 Å². The van der Waals surface area contributed by atoms with E-state index in [1.807, 2.05) is 0 Å². The first kappa shape index (κ1) is 25.1. The molecule has 0 radical (unpaired) electrons. The lowest BCUT2D eigenvalue weighted by Gasteiger charge is -2.35. The normalized spacial score (nSPS) is 23.4. The number of hydrogen-bond donors (Lipinski definition) is 1. The molecule has 2 amide bonds. The second-order valence-corrected chi connectivity index (χ2v) is 8.28. The van der Waals surface area contributed by atoms with Crippen molar-refractivity contribution in [3.8, 4) is 5.75 Å². The predicted octanol–water partition coefficient (Wildman–Crippen LogP) is 2.49. The molecule has 3 atom stereocenters. The summed E-state index contributed by atoms with van der Waals surface area (Å²) in [5, 5.41) is 2.75. The molecule has 0 spiro atoms. The molecule has 0 aromatic heterocycles. The summed E-state index contributed by atoms with van der Waals surface area (Å²) in [5.74, 6) is 0.292. The lowest BCUT2D eigenvalue weighted by atomic mass is 10.0. The topological polar surface area (TPSA) is 80.3 Å². The van der Waals surface area contributed by atoms with Crippen LogP contribution < -0.4 is 10.1 Å². The van der Waals surface area contributed by atoms with Crippen molar-refractivity contribution in [3.63, 3.8) is 0 Å². The quantitative estimate of drug-likeness (QED) is 0.740. The second-order valence-electron chi connectivity index (χ2n) is 8.28. The zero-order valence-electron chi connectivity index (χ0n) is 19.6. The van der Waals surface area contributed by atoms with E-state index in [0.29, 0.717) is 30.2 Å². The molecule has 8 nitrogen and oxygen atoms in total. The van der Waals surface area contributed by atoms with Crippen molar-refractivity contribution in [1.29, 1.82) is 0 Å². The third kappa shape index (κ3) is 6.92. The van der Waals surface area contributed by atoms with Crippen LogP contribution in [0, 0.1) is 5.92 Å². The Morgan fingerprint density at radius 3 is 2.65 bits per heavy atom. The van der Waals surface area contributed by atoms with Crippen molar-refractivity contribution in [1.82, 2.24) is 9.80 Å². The molecule has 0 fully saturated rings. The first-order valence-electron chi connectivity index (χ1n) is 10.9. The van der Waals surface area contributed by atoms with Gasteiger partial charge in [0.2, 0.25) is 5.91 Å². The number of nitrogens with one attached hydrogen (secondary N) is 1. The molecule has 1 heterocycles. The number of amides is 2. The molecule has 1 N–H and O–H groups in total. The van der Waals surface area contributed by atoms with E-state index in [9.17, 15) is 9.59 Å². The number of fused-ring (bicyclic) bond motifs is 1. The van der Waals surface area contributed by atoms with Gasteiger partial charge < -0.3 is 24.4 Å². The van der Waals surface area contributed by atoms with Crippen LogP contribution in [0.4, 0.5) is 5.69 Å². The molecule has 8 heteroatoms. The minimum absolute atomic E-state index is 0.0559. The summed E-state index contributed by atoms with van der Waals surface area (Å²) in [6.45, 7) is 9.18. The molecular formula is C23H37N3O5. The fraction of sp³-hybridized carbons (Fsp3) is 0.652. The highest BCUT2D eigenvalue weighted by Crippen LogP contribution is 2.26. The summed E-state index contributed by atoms with van der Waals surface area (Å²) in [6.07, 6.45) is 0.961. The molecule has 0 saturated heterocycles. The van der Waals surface area contributed by atoms with Crippen molar-refractivity contribution < 1.29 is 23.8 Å². The van der Waals surface area contributed by atoms with E-state index in [-0.39, 0.29) is 36.5 Å². The van der Waals surface area contributed by atoms with Crippen LogP contribution in [0.2, 0.25) is 0 Å². The van der Waals surface area contributed by atoms with Crippen molar-refractivity contribution >= 4 is 17.5 Å². The molecule has 1 aromatic rings. The van der Waals surface area contributed by atoms with E-state index in [1.54, 1.807) is 37.3 Å². The summed E-state index contributed by atoms with van der Waals surface area (Å²) in [6, 6.07) is 5.32. The lowest BCUT2D eigenvalue weighted by molar-refractivity contribution is -0.119. The zero-order valence-corrected chi connectivity index (χ0v) is 19.6. The van der Waals surface area contributed by atoms with Gasteiger partial charge in [0.15, 0.2) is 0 Å². The highest BCUT2D eigenvalue weighted by molar-refractivity contribution is 5.99. The fourth-order valence-electron chi connectivity index (χ4n) is 3.86. The fourth-order valence-corrected chi connectivity index (χ4v) is 3.86. The van der Waals surface area contributed by atoms with Crippen LogP contribution in [-0.2, 0) is 14.3 Å². The largest absolute Gasteiger partial charge is 0.491 e. The molecule has 31 heavy (non-hydrogen) atoms. The van der Waals surface area contributed by atoms with Crippen LogP contribution >= 0.6 is 0 Å². The molecule has 0 bridgehead atoms. The summed E-state index contributed by atoms with van der Waals surface area (Å²) >= 11 is 0. The third-order valence-electron chi connectivity index (χ3n) is 5.64. The van der Waals surface area contributed by atoms with Gasteiger partial charge in [0, 0.05) is 46.1 Å². The molecule has 174 valence electrons. The van der Waals surface area contributed by atoms with E-state index >= 15 is 0 Å². The molecule has 0 aliphatic carbocycles. The number of nitrogens with zero attached hydrogens (tertiary/aromatic N) is 2. The molecule has 2 rings (SSSR count). The maximum absolute atomic E-state index is 13.3. The molecule has 0 unspecified atom stereocenters. The molecule has 0 saturated carbocycles. The van der Waals surface area contributed by atoms with Crippen LogP contribution in [0.1, 0.15) is 37.6 Å². The number of anilines is 1. The predicted molar refractivity (Wildman–Crippen MR) is 121 cm³/mol. The Labute approximate surface area is 185 Å². The Kier molecular flexibility index (Phi) is 9.74. The van der Waals surface area contributed by atoms with Crippen molar-refractivity contribution in [2.45, 2.75) is 39.3 Å². The standard InChI is InChI=1S/C23H37N3O5/c1-7-10-26-12-16(2)21(30-6)13-25(4)23(28)19-11-18(24-22(27)15-29-5)8-9-20(19)31-14-17(26)3/h8-9,11,16-17,21H,7,10,12-15H2,1-6H3,(H,24,27)/t16-,17+,21+/m0/s1. The lowest BCUT2D eigenvalue weighted by Crippen LogP contribution is -2.46. The monoisotopic (exact) mass is 435 g/mol. The van der Waals surface area contributed by atoms with Gasteiger partial charge in [-0.1, -0.05) is 13.8 Å². The maximum atomic E-state index is 13.3. The first-order chi connectivity index (χ1) is 14.8. The van der Waals surface area contributed by atoms with Gasteiger partial charge in [0.05, 0.1) is 11.7 Å². The van der Waals surface area contributed by atoms with Crippen molar-refractivity contribution in [2.24, 2.45) is 5.92 Å². The van der Waals surface area contributed by atoms with Crippen molar-refractivity contribution in [2.75, 3.05) is 59.4 Å². The molecule has 1 aromatic carbocycles. The summed E-state index contributed by atoms with van der Waals surface area (Å²) in [5.41, 5.74) is 0.936. The van der Waals surface area contributed by atoms with Crippen LogP contribution in [0.15, 0.2) is 18.2 Å². The summed E-state index contributed by atoms with van der Waals surface area (Å²) in [7, 11) is 4.92. The Bertz CT molecular complexity index is 742. The Morgan fingerprint density at radius 1 is 1.26 bits per heavy atom. The number of benzene rings is 1. The second kappa shape index (κ2) is 12.0.